The van der Waals surface area contributed by atoms with Crippen molar-refractivity contribution in [1.82, 2.24) is 4.72 Å². The fourth-order valence-electron chi connectivity index (χ4n) is 2.22. The molecule has 2 aromatic rings. The quantitative estimate of drug-likeness (QED) is 0.910. The van der Waals surface area contributed by atoms with Crippen LogP contribution in [0.25, 0.3) is 0 Å². The molecular formula is C17H21NO3S. The normalized spacial score (nSPS) is 13.8. The van der Waals surface area contributed by atoms with Gasteiger partial charge in [-0.2, -0.15) is 0 Å². The number of rotatable bonds is 4. The van der Waals surface area contributed by atoms with Crippen LogP contribution in [0.4, 0.5) is 0 Å². The third kappa shape index (κ3) is 3.94. The van der Waals surface area contributed by atoms with Crippen molar-refractivity contribution in [2.75, 3.05) is 0 Å². The molecule has 2 N–H and O–H groups in total. The van der Waals surface area contributed by atoms with Crippen LogP contribution >= 0.6 is 0 Å². The molecule has 2 rings (SSSR count). The van der Waals surface area contributed by atoms with Gasteiger partial charge in [0.1, 0.15) is 6.10 Å². The van der Waals surface area contributed by atoms with Crippen molar-refractivity contribution in [2.45, 2.75) is 37.3 Å². The maximum absolute atomic E-state index is 12.6. The first-order valence-electron chi connectivity index (χ1n) is 7.07. The predicted molar refractivity (Wildman–Crippen MR) is 87.0 cm³/mol. The summed E-state index contributed by atoms with van der Waals surface area (Å²) in [6, 6.07) is 15.5. The Morgan fingerprint density at radius 3 is 2.09 bits per heavy atom. The van der Waals surface area contributed by atoms with Crippen LogP contribution < -0.4 is 4.72 Å². The molecule has 0 fully saturated rings. The fraction of sp³-hybridized carbons (Fsp3) is 0.294. The maximum Gasteiger partial charge on any atom is 0.241 e. The first kappa shape index (κ1) is 16.7. The van der Waals surface area contributed by atoms with Crippen molar-refractivity contribution in [3.05, 3.63) is 65.7 Å². The molecule has 0 aromatic heterocycles. The number of aliphatic hydroxyl groups excluding tert-OH is 1. The zero-order valence-corrected chi connectivity index (χ0v) is 13.8. The molecule has 0 aliphatic heterocycles. The van der Waals surface area contributed by atoms with Crippen LogP contribution in [0.3, 0.4) is 0 Å². The van der Waals surface area contributed by atoms with Crippen LogP contribution in [-0.4, -0.2) is 19.1 Å². The number of nitrogens with one attached hydrogen (secondary N) is 1. The molecule has 118 valence electrons. The second-order valence-corrected chi connectivity index (χ2v) is 7.86. The van der Waals surface area contributed by atoms with E-state index in [1.54, 1.807) is 51.1 Å². The molecule has 0 amide bonds. The summed E-state index contributed by atoms with van der Waals surface area (Å²) in [5, 5.41) is 10.5. The van der Waals surface area contributed by atoms with Crippen molar-refractivity contribution in [2.24, 2.45) is 0 Å². The van der Waals surface area contributed by atoms with Gasteiger partial charge in [-0.15, -0.1) is 0 Å². The Morgan fingerprint density at radius 1 is 0.955 bits per heavy atom. The highest BCUT2D eigenvalue weighted by molar-refractivity contribution is 7.89. The van der Waals surface area contributed by atoms with E-state index in [2.05, 4.69) is 4.72 Å². The smallest absolute Gasteiger partial charge is 0.241 e. The van der Waals surface area contributed by atoms with Crippen LogP contribution in [0.5, 0.6) is 0 Å². The number of sulfonamides is 1. The van der Waals surface area contributed by atoms with Crippen molar-refractivity contribution in [1.29, 1.82) is 0 Å². The molecule has 1 unspecified atom stereocenters. The molecular weight excluding hydrogens is 298 g/mol. The lowest BCUT2D eigenvalue weighted by Gasteiger charge is -2.23. The van der Waals surface area contributed by atoms with Crippen LogP contribution in [0.1, 0.15) is 38.0 Å². The molecule has 22 heavy (non-hydrogen) atoms. The third-order valence-corrected chi connectivity index (χ3v) is 4.89. The number of benzene rings is 2. The Bertz CT molecular complexity index is 734. The summed E-state index contributed by atoms with van der Waals surface area (Å²) in [6.45, 7) is 5.34. The van der Waals surface area contributed by atoms with Crippen LogP contribution in [0.15, 0.2) is 59.5 Å². The Morgan fingerprint density at radius 2 is 1.50 bits per heavy atom. The average molecular weight is 319 g/mol. The maximum atomic E-state index is 12.6. The van der Waals surface area contributed by atoms with Gasteiger partial charge >= 0.3 is 0 Å². The minimum atomic E-state index is -3.71. The molecule has 2 aromatic carbocycles. The van der Waals surface area contributed by atoms with Gasteiger partial charge < -0.3 is 5.11 Å². The van der Waals surface area contributed by atoms with E-state index in [1.807, 2.05) is 18.2 Å². The highest BCUT2D eigenvalue weighted by Crippen LogP contribution is 2.28. The molecule has 0 spiro atoms. The van der Waals surface area contributed by atoms with Gasteiger partial charge in [0.25, 0.3) is 0 Å². The molecule has 5 heteroatoms. The summed E-state index contributed by atoms with van der Waals surface area (Å²) in [7, 11) is -3.71. The summed E-state index contributed by atoms with van der Waals surface area (Å²) in [4.78, 5) is 0.0984. The Kier molecular flexibility index (Phi) is 4.70. The van der Waals surface area contributed by atoms with E-state index in [-0.39, 0.29) is 4.90 Å². The van der Waals surface area contributed by atoms with Gasteiger partial charge in [0.05, 0.1) is 4.90 Å². The fourth-order valence-corrected chi connectivity index (χ4v) is 3.89. The van der Waals surface area contributed by atoms with Crippen molar-refractivity contribution in [3.8, 4) is 0 Å². The second kappa shape index (κ2) is 6.20. The van der Waals surface area contributed by atoms with Crippen LogP contribution in [0.2, 0.25) is 0 Å². The molecule has 0 saturated carbocycles. The van der Waals surface area contributed by atoms with Gasteiger partial charge in [-0.25, -0.2) is 13.1 Å². The Balaban J connectivity index is 2.48. The molecule has 0 bridgehead atoms. The van der Waals surface area contributed by atoms with E-state index in [0.29, 0.717) is 11.1 Å². The molecule has 0 heterocycles. The van der Waals surface area contributed by atoms with Gasteiger partial charge in [0.15, 0.2) is 0 Å². The molecule has 0 radical (unpaired) electrons. The lowest BCUT2D eigenvalue weighted by atomic mass is 10.0. The van der Waals surface area contributed by atoms with E-state index in [0.717, 1.165) is 0 Å². The van der Waals surface area contributed by atoms with Gasteiger partial charge in [-0.05, 0) is 32.4 Å². The standard InChI is InChI=1S/C17H21NO3S/c1-17(2,3)18-22(20,21)15-12-8-7-11-14(15)16(19)13-9-5-4-6-10-13/h4-12,16,18-19H,1-3H3. The SMILES string of the molecule is CC(C)(C)NS(=O)(=O)c1ccccc1C(O)c1ccccc1. The van der Waals surface area contributed by atoms with Crippen molar-refractivity contribution >= 4 is 10.0 Å². The summed E-state index contributed by atoms with van der Waals surface area (Å²) < 4.78 is 27.8. The topological polar surface area (TPSA) is 66.4 Å². The number of hydrogen-bond acceptors (Lipinski definition) is 3. The van der Waals surface area contributed by atoms with E-state index in [1.165, 1.54) is 6.07 Å². The minimum Gasteiger partial charge on any atom is -0.384 e. The molecule has 1 atom stereocenters. The highest BCUT2D eigenvalue weighted by Gasteiger charge is 2.26. The first-order valence-corrected chi connectivity index (χ1v) is 8.55. The molecule has 0 aliphatic rings. The van der Waals surface area contributed by atoms with Crippen molar-refractivity contribution in [3.63, 3.8) is 0 Å². The predicted octanol–water partition coefficient (Wildman–Crippen LogP) is 2.85. The van der Waals surface area contributed by atoms with Gasteiger partial charge in [0, 0.05) is 11.1 Å². The second-order valence-electron chi connectivity index (χ2n) is 6.21. The van der Waals surface area contributed by atoms with E-state index < -0.39 is 21.7 Å². The minimum absolute atomic E-state index is 0.0984. The summed E-state index contributed by atoms with van der Waals surface area (Å²) in [5.74, 6) is 0. The molecule has 4 nitrogen and oxygen atoms in total. The summed E-state index contributed by atoms with van der Waals surface area (Å²) >= 11 is 0. The monoisotopic (exact) mass is 319 g/mol. The lowest BCUT2D eigenvalue weighted by molar-refractivity contribution is 0.217. The first-order chi connectivity index (χ1) is 10.2. The Labute approximate surface area is 131 Å². The molecule has 0 aliphatic carbocycles. The largest absolute Gasteiger partial charge is 0.384 e. The summed E-state index contributed by atoms with van der Waals surface area (Å²) in [6.07, 6.45) is -0.992. The zero-order chi connectivity index (χ0) is 16.4. The van der Waals surface area contributed by atoms with Gasteiger partial charge in [-0.3, -0.25) is 0 Å². The average Bonchev–Trinajstić information content (AvgIpc) is 2.45. The Hall–Kier alpha value is -1.69. The van der Waals surface area contributed by atoms with Crippen molar-refractivity contribution < 1.29 is 13.5 Å². The van der Waals surface area contributed by atoms with Crippen LogP contribution in [-0.2, 0) is 10.0 Å². The number of aliphatic hydroxyl groups is 1. The number of hydrogen-bond donors (Lipinski definition) is 2. The van der Waals surface area contributed by atoms with Gasteiger partial charge in [-0.1, -0.05) is 48.5 Å². The van der Waals surface area contributed by atoms with E-state index in [9.17, 15) is 13.5 Å². The highest BCUT2D eigenvalue weighted by atomic mass is 32.2. The van der Waals surface area contributed by atoms with E-state index in [4.69, 9.17) is 0 Å². The van der Waals surface area contributed by atoms with Crippen LogP contribution in [0, 0.1) is 0 Å². The zero-order valence-electron chi connectivity index (χ0n) is 12.9. The third-order valence-electron chi connectivity index (χ3n) is 3.06. The van der Waals surface area contributed by atoms with E-state index >= 15 is 0 Å². The molecule has 0 saturated heterocycles. The summed E-state index contributed by atoms with van der Waals surface area (Å²) in [5.41, 5.74) is 0.426. The van der Waals surface area contributed by atoms with Gasteiger partial charge in [0.2, 0.25) is 10.0 Å². The lowest BCUT2D eigenvalue weighted by Crippen LogP contribution is -2.40.